The molecule has 1 aromatic carbocycles. The van der Waals surface area contributed by atoms with Crippen molar-refractivity contribution in [2.24, 2.45) is 0 Å². The summed E-state index contributed by atoms with van der Waals surface area (Å²) in [6.07, 6.45) is 0. The second-order valence-electron chi connectivity index (χ2n) is 4.20. The molecule has 0 aliphatic carbocycles. The van der Waals surface area contributed by atoms with Gasteiger partial charge in [-0.2, -0.15) is 0 Å². The van der Waals surface area contributed by atoms with Crippen molar-refractivity contribution < 1.29 is 9.53 Å². The lowest BCUT2D eigenvalue weighted by Gasteiger charge is -2.12. The van der Waals surface area contributed by atoms with Crippen LogP contribution in [0, 0.1) is 0 Å². The van der Waals surface area contributed by atoms with Crippen LogP contribution in [0.25, 0.3) is 10.6 Å². The Morgan fingerprint density at radius 3 is 2.89 bits per heavy atom. The molecule has 19 heavy (non-hydrogen) atoms. The number of nitrogens with zero attached hydrogens (tertiary/aromatic N) is 2. The molecule has 0 aliphatic rings. The molecule has 0 radical (unpaired) electrons. The highest BCUT2D eigenvalue weighted by molar-refractivity contribution is 7.13. The Bertz CT molecular complexity index is 578. The second-order valence-corrected chi connectivity index (χ2v) is 5.06. The average Bonchev–Trinajstić information content (AvgIpc) is 2.89. The van der Waals surface area contributed by atoms with Crippen molar-refractivity contribution in [2.45, 2.75) is 6.92 Å². The standard InChI is InChI=1S/C14H16N2O2S/c1-4-18-14(17)12-9-19-13(15-12)10-6-5-7-11(8-10)16(2)3/h5-9H,4H2,1-3H3. The van der Waals surface area contributed by atoms with Gasteiger partial charge in [0.25, 0.3) is 0 Å². The number of aromatic nitrogens is 1. The zero-order valence-corrected chi connectivity index (χ0v) is 12.0. The number of anilines is 1. The van der Waals surface area contributed by atoms with E-state index >= 15 is 0 Å². The molecule has 2 aromatic rings. The van der Waals surface area contributed by atoms with Crippen molar-refractivity contribution in [2.75, 3.05) is 25.6 Å². The van der Waals surface area contributed by atoms with Crippen LogP contribution in [0.1, 0.15) is 17.4 Å². The van der Waals surface area contributed by atoms with Gasteiger partial charge in [0.1, 0.15) is 5.01 Å². The van der Waals surface area contributed by atoms with E-state index < -0.39 is 0 Å². The molecule has 1 aromatic heterocycles. The fraction of sp³-hybridized carbons (Fsp3) is 0.286. The van der Waals surface area contributed by atoms with Crippen LogP contribution < -0.4 is 4.90 Å². The Balaban J connectivity index is 2.27. The van der Waals surface area contributed by atoms with Crippen LogP contribution in [-0.2, 0) is 4.74 Å². The van der Waals surface area contributed by atoms with Crippen LogP contribution in [0.4, 0.5) is 5.69 Å². The monoisotopic (exact) mass is 276 g/mol. The Labute approximate surface area is 116 Å². The van der Waals surface area contributed by atoms with E-state index in [1.165, 1.54) is 11.3 Å². The summed E-state index contributed by atoms with van der Waals surface area (Å²) in [5.41, 5.74) is 2.48. The first-order valence-electron chi connectivity index (χ1n) is 6.02. The Morgan fingerprint density at radius 2 is 2.21 bits per heavy atom. The molecule has 0 fully saturated rings. The molecule has 0 atom stereocenters. The van der Waals surface area contributed by atoms with Crippen molar-refractivity contribution in [1.29, 1.82) is 0 Å². The lowest BCUT2D eigenvalue weighted by molar-refractivity contribution is 0.0520. The maximum atomic E-state index is 11.6. The minimum atomic E-state index is -0.367. The van der Waals surface area contributed by atoms with Crippen molar-refractivity contribution in [3.05, 3.63) is 35.3 Å². The number of rotatable bonds is 4. The molecule has 1 heterocycles. The first-order chi connectivity index (χ1) is 9.11. The maximum absolute atomic E-state index is 11.6. The summed E-state index contributed by atoms with van der Waals surface area (Å²) in [5, 5.41) is 2.56. The van der Waals surface area contributed by atoms with Crippen molar-refractivity contribution in [3.8, 4) is 10.6 Å². The highest BCUT2D eigenvalue weighted by atomic mass is 32.1. The zero-order valence-electron chi connectivity index (χ0n) is 11.2. The Morgan fingerprint density at radius 1 is 1.42 bits per heavy atom. The van der Waals surface area contributed by atoms with Gasteiger partial charge in [-0.25, -0.2) is 9.78 Å². The molecule has 0 saturated carbocycles. The minimum absolute atomic E-state index is 0.363. The molecule has 0 bridgehead atoms. The van der Waals surface area contributed by atoms with Gasteiger partial charge >= 0.3 is 5.97 Å². The molecule has 100 valence electrons. The molecule has 5 heteroatoms. The van der Waals surface area contributed by atoms with Gasteiger partial charge in [-0.05, 0) is 19.1 Å². The van der Waals surface area contributed by atoms with Crippen LogP contribution in [0.5, 0.6) is 0 Å². The Hall–Kier alpha value is -1.88. The van der Waals surface area contributed by atoms with E-state index in [2.05, 4.69) is 4.98 Å². The zero-order chi connectivity index (χ0) is 13.8. The van der Waals surface area contributed by atoms with Gasteiger partial charge in [-0.1, -0.05) is 12.1 Å². The third-order valence-corrected chi connectivity index (χ3v) is 3.49. The number of hydrogen-bond acceptors (Lipinski definition) is 5. The van der Waals surface area contributed by atoms with E-state index in [4.69, 9.17) is 4.74 Å². The third kappa shape index (κ3) is 3.12. The number of hydrogen-bond donors (Lipinski definition) is 0. The van der Waals surface area contributed by atoms with E-state index in [9.17, 15) is 4.79 Å². The summed E-state index contributed by atoms with van der Waals surface area (Å²) in [4.78, 5) is 17.9. The van der Waals surface area contributed by atoms with Crippen LogP contribution in [0.2, 0.25) is 0 Å². The van der Waals surface area contributed by atoms with Gasteiger partial charge in [0, 0.05) is 30.7 Å². The predicted octanol–water partition coefficient (Wildman–Crippen LogP) is 3.05. The van der Waals surface area contributed by atoms with Gasteiger partial charge < -0.3 is 9.64 Å². The largest absolute Gasteiger partial charge is 0.461 e. The summed E-state index contributed by atoms with van der Waals surface area (Å²) < 4.78 is 4.94. The molecule has 0 saturated heterocycles. The number of carbonyl (C=O) groups excluding carboxylic acids is 1. The normalized spacial score (nSPS) is 10.3. The number of ether oxygens (including phenoxy) is 1. The van der Waals surface area contributed by atoms with Crippen molar-refractivity contribution in [3.63, 3.8) is 0 Å². The molecule has 0 spiro atoms. The lowest BCUT2D eigenvalue weighted by atomic mass is 10.2. The summed E-state index contributed by atoms with van der Waals surface area (Å²) in [6, 6.07) is 8.05. The molecule has 2 rings (SSSR count). The molecule has 0 N–H and O–H groups in total. The van der Waals surface area contributed by atoms with Gasteiger partial charge in [-0.15, -0.1) is 11.3 Å². The number of carbonyl (C=O) groups is 1. The van der Waals surface area contributed by atoms with E-state index in [-0.39, 0.29) is 5.97 Å². The van der Waals surface area contributed by atoms with Crippen LogP contribution >= 0.6 is 11.3 Å². The van der Waals surface area contributed by atoms with Gasteiger partial charge in [0.05, 0.1) is 6.61 Å². The lowest BCUT2D eigenvalue weighted by Crippen LogP contribution is -2.08. The third-order valence-electron chi connectivity index (χ3n) is 2.60. The molecule has 0 amide bonds. The Kier molecular flexibility index (Phi) is 4.16. The highest BCUT2D eigenvalue weighted by Gasteiger charge is 2.12. The quantitative estimate of drug-likeness (QED) is 0.805. The topological polar surface area (TPSA) is 42.4 Å². The summed E-state index contributed by atoms with van der Waals surface area (Å²) in [7, 11) is 3.98. The van der Waals surface area contributed by atoms with E-state index in [0.29, 0.717) is 12.3 Å². The van der Waals surface area contributed by atoms with E-state index in [0.717, 1.165) is 16.3 Å². The number of thiazole rings is 1. The summed E-state index contributed by atoms with van der Waals surface area (Å²) in [6.45, 7) is 2.15. The summed E-state index contributed by atoms with van der Waals surface area (Å²) >= 11 is 1.45. The fourth-order valence-electron chi connectivity index (χ4n) is 1.62. The first-order valence-corrected chi connectivity index (χ1v) is 6.90. The first kappa shape index (κ1) is 13.5. The van der Waals surface area contributed by atoms with Gasteiger partial charge in [0.2, 0.25) is 0 Å². The number of esters is 1. The van der Waals surface area contributed by atoms with E-state index in [1.807, 2.05) is 43.3 Å². The van der Waals surface area contributed by atoms with Crippen LogP contribution in [0.15, 0.2) is 29.6 Å². The van der Waals surface area contributed by atoms with Crippen LogP contribution in [-0.4, -0.2) is 31.7 Å². The van der Waals surface area contributed by atoms with Crippen molar-refractivity contribution >= 4 is 23.0 Å². The maximum Gasteiger partial charge on any atom is 0.357 e. The molecule has 4 nitrogen and oxygen atoms in total. The summed E-state index contributed by atoms with van der Waals surface area (Å²) in [5.74, 6) is -0.367. The van der Waals surface area contributed by atoms with Crippen molar-refractivity contribution in [1.82, 2.24) is 4.98 Å². The van der Waals surface area contributed by atoms with E-state index in [1.54, 1.807) is 12.3 Å². The molecule has 0 aliphatic heterocycles. The molecular formula is C14H16N2O2S. The average molecular weight is 276 g/mol. The van der Waals surface area contributed by atoms with Gasteiger partial charge in [-0.3, -0.25) is 0 Å². The van der Waals surface area contributed by atoms with Gasteiger partial charge in [0.15, 0.2) is 5.69 Å². The molecular weight excluding hydrogens is 260 g/mol. The highest BCUT2D eigenvalue weighted by Crippen LogP contribution is 2.27. The fourth-order valence-corrected chi connectivity index (χ4v) is 2.41. The SMILES string of the molecule is CCOC(=O)c1csc(-c2cccc(N(C)C)c2)n1. The predicted molar refractivity (Wildman–Crippen MR) is 77.8 cm³/mol. The molecule has 0 unspecified atom stereocenters. The second kappa shape index (κ2) is 5.84. The van der Waals surface area contributed by atoms with Crippen LogP contribution in [0.3, 0.4) is 0 Å². The smallest absolute Gasteiger partial charge is 0.357 e. The minimum Gasteiger partial charge on any atom is -0.461 e. The number of benzene rings is 1.